The Morgan fingerprint density at radius 2 is 1.62 bits per heavy atom. The van der Waals surface area contributed by atoms with Crippen LogP contribution in [-0.4, -0.2) is 6.04 Å². The van der Waals surface area contributed by atoms with Crippen molar-refractivity contribution in [2.45, 2.75) is 53.5 Å². The SMILES string of the molecule is CCC(N)C(C)Cc1c(C)cc(C)cc1C. The van der Waals surface area contributed by atoms with Gasteiger partial charge in [-0.3, -0.25) is 0 Å². The Kier molecular flexibility index (Phi) is 4.55. The van der Waals surface area contributed by atoms with E-state index in [1.165, 1.54) is 22.3 Å². The zero-order valence-corrected chi connectivity index (χ0v) is 11.3. The molecule has 0 spiro atoms. The highest BCUT2D eigenvalue weighted by molar-refractivity contribution is 5.37. The van der Waals surface area contributed by atoms with Gasteiger partial charge in [0.1, 0.15) is 0 Å². The fourth-order valence-corrected chi connectivity index (χ4v) is 2.41. The lowest BCUT2D eigenvalue weighted by Crippen LogP contribution is -2.29. The van der Waals surface area contributed by atoms with E-state index in [0.29, 0.717) is 12.0 Å². The van der Waals surface area contributed by atoms with Crippen LogP contribution < -0.4 is 5.73 Å². The van der Waals surface area contributed by atoms with Gasteiger partial charge in [0.05, 0.1) is 0 Å². The molecule has 16 heavy (non-hydrogen) atoms. The van der Waals surface area contributed by atoms with E-state index in [1.807, 2.05) is 0 Å². The summed E-state index contributed by atoms with van der Waals surface area (Å²) >= 11 is 0. The van der Waals surface area contributed by atoms with Crippen LogP contribution in [0.15, 0.2) is 12.1 Å². The van der Waals surface area contributed by atoms with Crippen molar-refractivity contribution < 1.29 is 0 Å². The van der Waals surface area contributed by atoms with Crippen molar-refractivity contribution in [3.05, 3.63) is 34.4 Å². The van der Waals surface area contributed by atoms with Gasteiger partial charge in [0.25, 0.3) is 0 Å². The van der Waals surface area contributed by atoms with Crippen molar-refractivity contribution in [2.24, 2.45) is 11.7 Å². The fourth-order valence-electron chi connectivity index (χ4n) is 2.41. The number of benzene rings is 1. The highest BCUT2D eigenvalue weighted by Crippen LogP contribution is 2.21. The Bertz CT molecular complexity index is 331. The summed E-state index contributed by atoms with van der Waals surface area (Å²) in [6.45, 7) is 11.0. The van der Waals surface area contributed by atoms with Crippen LogP contribution in [0.5, 0.6) is 0 Å². The molecule has 0 bridgehead atoms. The maximum Gasteiger partial charge on any atom is 0.00650 e. The molecule has 0 fully saturated rings. The summed E-state index contributed by atoms with van der Waals surface area (Å²) in [4.78, 5) is 0. The van der Waals surface area contributed by atoms with Gasteiger partial charge in [0, 0.05) is 6.04 Å². The predicted molar refractivity (Wildman–Crippen MR) is 71.8 cm³/mol. The molecule has 1 aromatic carbocycles. The molecule has 0 aliphatic rings. The Morgan fingerprint density at radius 1 is 1.12 bits per heavy atom. The van der Waals surface area contributed by atoms with E-state index in [-0.39, 0.29) is 0 Å². The molecule has 0 aliphatic carbocycles. The zero-order chi connectivity index (χ0) is 12.3. The van der Waals surface area contributed by atoms with Crippen molar-refractivity contribution >= 4 is 0 Å². The van der Waals surface area contributed by atoms with Gasteiger partial charge in [-0.2, -0.15) is 0 Å². The first-order chi connectivity index (χ1) is 7.45. The molecule has 1 heteroatoms. The molecule has 0 saturated heterocycles. The maximum atomic E-state index is 6.09. The van der Waals surface area contributed by atoms with Gasteiger partial charge in [-0.05, 0) is 56.2 Å². The number of rotatable bonds is 4. The number of hydrogen-bond acceptors (Lipinski definition) is 1. The Morgan fingerprint density at radius 3 is 2.06 bits per heavy atom. The molecule has 90 valence electrons. The van der Waals surface area contributed by atoms with Crippen molar-refractivity contribution in [1.29, 1.82) is 0 Å². The van der Waals surface area contributed by atoms with E-state index in [9.17, 15) is 0 Å². The molecular formula is C15H25N. The molecule has 0 aliphatic heterocycles. The van der Waals surface area contributed by atoms with E-state index in [4.69, 9.17) is 5.73 Å². The summed E-state index contributed by atoms with van der Waals surface area (Å²) in [7, 11) is 0. The molecule has 2 unspecified atom stereocenters. The molecule has 1 rings (SSSR count). The van der Waals surface area contributed by atoms with Crippen LogP contribution in [0.1, 0.15) is 42.5 Å². The topological polar surface area (TPSA) is 26.0 Å². The van der Waals surface area contributed by atoms with Crippen molar-refractivity contribution in [2.75, 3.05) is 0 Å². The summed E-state index contributed by atoms with van der Waals surface area (Å²) in [6, 6.07) is 4.86. The van der Waals surface area contributed by atoms with Crippen LogP contribution >= 0.6 is 0 Å². The molecule has 0 heterocycles. The monoisotopic (exact) mass is 219 g/mol. The smallest absolute Gasteiger partial charge is 0.00650 e. The molecule has 1 nitrogen and oxygen atoms in total. The third kappa shape index (κ3) is 3.08. The van der Waals surface area contributed by atoms with Gasteiger partial charge < -0.3 is 5.73 Å². The second-order valence-electron chi connectivity index (χ2n) is 5.13. The number of nitrogens with two attached hydrogens (primary N) is 1. The van der Waals surface area contributed by atoms with E-state index < -0.39 is 0 Å². The number of hydrogen-bond donors (Lipinski definition) is 1. The maximum absolute atomic E-state index is 6.09. The molecule has 1 aromatic rings. The van der Waals surface area contributed by atoms with Gasteiger partial charge in [-0.25, -0.2) is 0 Å². The summed E-state index contributed by atoms with van der Waals surface area (Å²) in [6.07, 6.45) is 2.16. The summed E-state index contributed by atoms with van der Waals surface area (Å²) < 4.78 is 0. The first-order valence-electron chi connectivity index (χ1n) is 6.28. The van der Waals surface area contributed by atoms with E-state index in [0.717, 1.165) is 12.8 Å². The van der Waals surface area contributed by atoms with Crippen LogP contribution in [-0.2, 0) is 6.42 Å². The largest absolute Gasteiger partial charge is 0.327 e. The number of aryl methyl sites for hydroxylation is 3. The predicted octanol–water partition coefficient (Wildman–Crippen LogP) is 3.53. The first-order valence-corrected chi connectivity index (χ1v) is 6.28. The molecule has 0 radical (unpaired) electrons. The van der Waals surface area contributed by atoms with Crippen LogP contribution in [0, 0.1) is 26.7 Å². The van der Waals surface area contributed by atoms with E-state index in [2.05, 4.69) is 46.8 Å². The van der Waals surface area contributed by atoms with Crippen molar-refractivity contribution in [1.82, 2.24) is 0 Å². The zero-order valence-electron chi connectivity index (χ0n) is 11.3. The normalized spacial score (nSPS) is 14.9. The summed E-state index contributed by atoms with van der Waals surface area (Å²) in [5.74, 6) is 0.560. The van der Waals surface area contributed by atoms with Crippen LogP contribution in [0.3, 0.4) is 0 Å². The first kappa shape index (κ1) is 13.2. The molecule has 0 amide bonds. The van der Waals surface area contributed by atoms with Gasteiger partial charge in [-0.15, -0.1) is 0 Å². The van der Waals surface area contributed by atoms with Gasteiger partial charge >= 0.3 is 0 Å². The molecular weight excluding hydrogens is 194 g/mol. The third-order valence-corrected chi connectivity index (χ3v) is 3.57. The van der Waals surface area contributed by atoms with Crippen molar-refractivity contribution in [3.63, 3.8) is 0 Å². The Labute approximate surface area is 100 Å². The summed E-state index contributed by atoms with van der Waals surface area (Å²) in [5.41, 5.74) is 11.8. The third-order valence-electron chi connectivity index (χ3n) is 3.57. The van der Waals surface area contributed by atoms with Crippen LogP contribution in [0.4, 0.5) is 0 Å². The lowest BCUT2D eigenvalue weighted by atomic mass is 9.88. The van der Waals surface area contributed by atoms with E-state index >= 15 is 0 Å². The minimum Gasteiger partial charge on any atom is -0.327 e. The Hall–Kier alpha value is -0.820. The van der Waals surface area contributed by atoms with E-state index in [1.54, 1.807) is 0 Å². The molecule has 2 atom stereocenters. The Balaban J connectivity index is 2.89. The minimum absolute atomic E-state index is 0.320. The van der Waals surface area contributed by atoms with Gasteiger partial charge in [0.15, 0.2) is 0 Å². The highest BCUT2D eigenvalue weighted by atomic mass is 14.6. The quantitative estimate of drug-likeness (QED) is 0.823. The standard InChI is InChI=1S/C15H25N/c1-6-15(16)13(5)9-14-11(3)7-10(2)8-12(14)4/h7-8,13,15H,6,9,16H2,1-5H3. The van der Waals surface area contributed by atoms with Crippen molar-refractivity contribution in [3.8, 4) is 0 Å². The molecule has 0 aromatic heterocycles. The van der Waals surface area contributed by atoms with Crippen LogP contribution in [0.25, 0.3) is 0 Å². The average Bonchev–Trinajstić information content (AvgIpc) is 2.21. The van der Waals surface area contributed by atoms with Gasteiger partial charge in [0.2, 0.25) is 0 Å². The molecule has 2 N–H and O–H groups in total. The second kappa shape index (κ2) is 5.49. The van der Waals surface area contributed by atoms with Crippen LogP contribution in [0.2, 0.25) is 0 Å². The molecule has 0 saturated carbocycles. The lowest BCUT2D eigenvalue weighted by molar-refractivity contribution is 0.441. The second-order valence-corrected chi connectivity index (χ2v) is 5.13. The lowest BCUT2D eigenvalue weighted by Gasteiger charge is -2.21. The highest BCUT2D eigenvalue weighted by Gasteiger charge is 2.14. The van der Waals surface area contributed by atoms with Gasteiger partial charge in [-0.1, -0.05) is 31.5 Å². The average molecular weight is 219 g/mol. The fraction of sp³-hybridized carbons (Fsp3) is 0.600. The minimum atomic E-state index is 0.320. The summed E-state index contributed by atoms with van der Waals surface area (Å²) in [5, 5.41) is 0.